The van der Waals surface area contributed by atoms with Crippen LogP contribution >= 0.6 is 11.3 Å². The summed E-state index contributed by atoms with van der Waals surface area (Å²) in [4.78, 5) is 4.20. The molecule has 0 aliphatic carbocycles. The summed E-state index contributed by atoms with van der Waals surface area (Å²) < 4.78 is 1.04. The van der Waals surface area contributed by atoms with E-state index in [1.165, 1.54) is 17.4 Å². The molecule has 3 nitrogen and oxygen atoms in total. The molecule has 0 bridgehead atoms. The molecule has 0 radical (unpaired) electrons. The van der Waals surface area contributed by atoms with Gasteiger partial charge in [0.15, 0.2) is 5.13 Å². The van der Waals surface area contributed by atoms with Gasteiger partial charge < -0.3 is 5.73 Å². The van der Waals surface area contributed by atoms with Crippen molar-refractivity contribution in [1.82, 2.24) is 4.98 Å². The molecule has 1 aromatic carbocycles. The number of hydrogen-bond acceptors (Lipinski definition) is 4. The largest absolute Gasteiger partial charge is 0.375 e. The van der Waals surface area contributed by atoms with Crippen LogP contribution < -0.4 is 5.73 Å². The van der Waals surface area contributed by atoms with Crippen molar-refractivity contribution in [2.75, 3.05) is 5.73 Å². The van der Waals surface area contributed by atoms with E-state index in [4.69, 9.17) is 11.0 Å². The first-order valence-corrected chi connectivity index (χ1v) is 4.84. The van der Waals surface area contributed by atoms with Gasteiger partial charge in [0.2, 0.25) is 0 Å². The Kier molecular flexibility index (Phi) is 2.17. The van der Waals surface area contributed by atoms with E-state index in [1.807, 2.05) is 24.3 Å². The molecule has 2 N–H and O–H groups in total. The molecule has 0 saturated heterocycles. The van der Waals surface area contributed by atoms with Crippen LogP contribution in [0.5, 0.6) is 0 Å². The van der Waals surface area contributed by atoms with Crippen LogP contribution in [-0.4, -0.2) is 4.98 Å². The number of benzene rings is 1. The minimum atomic E-state index is 0.554. The zero-order valence-electron chi connectivity index (χ0n) is 7.27. The number of nitrogens with two attached hydrogens (primary N) is 1. The summed E-state index contributed by atoms with van der Waals surface area (Å²) >= 11 is 1.45. The van der Waals surface area contributed by atoms with Gasteiger partial charge in [0.05, 0.1) is 16.3 Å². The number of rotatable bonds is 1. The number of para-hydroxylation sites is 1. The van der Waals surface area contributed by atoms with Gasteiger partial charge in [-0.25, -0.2) is 4.98 Å². The molecule has 68 valence electrons. The van der Waals surface area contributed by atoms with Gasteiger partial charge in [0.1, 0.15) is 0 Å². The Morgan fingerprint density at radius 2 is 2.36 bits per heavy atom. The molecule has 0 unspecified atom stereocenters. The van der Waals surface area contributed by atoms with Crippen molar-refractivity contribution in [3.05, 3.63) is 29.8 Å². The second-order valence-electron chi connectivity index (χ2n) is 2.71. The van der Waals surface area contributed by atoms with Gasteiger partial charge in [0, 0.05) is 11.6 Å². The lowest BCUT2D eigenvalue weighted by atomic mass is 10.2. The molecule has 4 heteroatoms. The zero-order valence-corrected chi connectivity index (χ0v) is 8.08. The highest BCUT2D eigenvalue weighted by Crippen LogP contribution is 2.26. The Morgan fingerprint density at radius 3 is 3.14 bits per heavy atom. The van der Waals surface area contributed by atoms with Crippen molar-refractivity contribution in [2.24, 2.45) is 0 Å². The van der Waals surface area contributed by atoms with Crippen LogP contribution in [0.25, 0.3) is 16.3 Å². The van der Waals surface area contributed by atoms with E-state index in [-0.39, 0.29) is 0 Å². The number of nitrogen functional groups attached to an aromatic ring is 1. The molecule has 1 heterocycles. The minimum absolute atomic E-state index is 0.554. The van der Waals surface area contributed by atoms with Crippen LogP contribution in [0.15, 0.2) is 24.3 Å². The standard InChI is InChI=1S/C10H7N3S/c11-6-2-4-7-3-1-5-8-9(7)13-10(12)14-8/h1-5H,(H2,12,13). The third-order valence-electron chi connectivity index (χ3n) is 1.80. The molecule has 0 fully saturated rings. The maximum Gasteiger partial charge on any atom is 0.181 e. The highest BCUT2D eigenvalue weighted by Gasteiger charge is 2.03. The molecule has 1 aromatic heterocycles. The van der Waals surface area contributed by atoms with Gasteiger partial charge >= 0.3 is 0 Å². The lowest BCUT2D eigenvalue weighted by Gasteiger charge is -1.92. The van der Waals surface area contributed by atoms with Gasteiger partial charge in [0.25, 0.3) is 0 Å². The summed E-state index contributed by atoms with van der Waals surface area (Å²) in [5.41, 5.74) is 7.40. The van der Waals surface area contributed by atoms with E-state index in [0.717, 1.165) is 15.8 Å². The van der Waals surface area contributed by atoms with Crippen LogP contribution in [0.4, 0.5) is 5.13 Å². The van der Waals surface area contributed by atoms with Gasteiger partial charge in [-0.05, 0) is 12.1 Å². The third kappa shape index (κ3) is 1.45. The van der Waals surface area contributed by atoms with Crippen LogP contribution in [-0.2, 0) is 0 Å². The highest BCUT2D eigenvalue weighted by atomic mass is 32.1. The molecule has 0 spiro atoms. The third-order valence-corrected chi connectivity index (χ3v) is 2.65. The van der Waals surface area contributed by atoms with Crippen LogP contribution in [0.1, 0.15) is 5.56 Å². The van der Waals surface area contributed by atoms with E-state index >= 15 is 0 Å². The summed E-state index contributed by atoms with van der Waals surface area (Å²) in [5, 5.41) is 8.98. The second-order valence-corrected chi connectivity index (χ2v) is 3.77. The first-order chi connectivity index (χ1) is 6.81. The lowest BCUT2D eigenvalue weighted by Crippen LogP contribution is -1.81. The predicted molar refractivity (Wildman–Crippen MR) is 58.7 cm³/mol. The number of thiazole rings is 1. The SMILES string of the molecule is N#CC=Cc1cccc2sc(N)nc12. The molecule has 0 aliphatic rings. The fourth-order valence-corrected chi connectivity index (χ4v) is 2.02. The molecule has 0 atom stereocenters. The Balaban J connectivity index is 2.65. The Hall–Kier alpha value is -1.86. The topological polar surface area (TPSA) is 62.7 Å². The molecule has 0 amide bonds. The van der Waals surface area contributed by atoms with Crippen LogP contribution in [0.3, 0.4) is 0 Å². The lowest BCUT2D eigenvalue weighted by molar-refractivity contribution is 1.48. The van der Waals surface area contributed by atoms with Crippen molar-refractivity contribution >= 4 is 32.8 Å². The van der Waals surface area contributed by atoms with Crippen molar-refractivity contribution in [3.8, 4) is 6.07 Å². The first kappa shape index (κ1) is 8.73. The Morgan fingerprint density at radius 1 is 1.50 bits per heavy atom. The number of hydrogen-bond donors (Lipinski definition) is 1. The molecular formula is C10H7N3S. The van der Waals surface area contributed by atoms with Crippen molar-refractivity contribution in [2.45, 2.75) is 0 Å². The summed E-state index contributed by atoms with van der Waals surface area (Å²) in [6.45, 7) is 0. The maximum absolute atomic E-state index is 8.43. The quantitative estimate of drug-likeness (QED) is 0.720. The number of nitriles is 1. The minimum Gasteiger partial charge on any atom is -0.375 e. The van der Waals surface area contributed by atoms with Gasteiger partial charge in [-0.3, -0.25) is 0 Å². The van der Waals surface area contributed by atoms with Crippen molar-refractivity contribution in [1.29, 1.82) is 5.26 Å². The number of anilines is 1. The van der Waals surface area contributed by atoms with Crippen LogP contribution in [0.2, 0.25) is 0 Å². The molecule has 2 rings (SSSR count). The number of allylic oxidation sites excluding steroid dienone is 1. The predicted octanol–water partition coefficient (Wildman–Crippen LogP) is 2.42. The Bertz CT molecular complexity index is 534. The highest BCUT2D eigenvalue weighted by molar-refractivity contribution is 7.22. The van der Waals surface area contributed by atoms with Gasteiger partial charge in [-0.1, -0.05) is 23.5 Å². The first-order valence-electron chi connectivity index (χ1n) is 4.02. The number of fused-ring (bicyclic) bond motifs is 1. The van der Waals surface area contributed by atoms with Gasteiger partial charge in [-0.2, -0.15) is 5.26 Å². The average molecular weight is 201 g/mol. The zero-order chi connectivity index (χ0) is 9.97. The fourth-order valence-electron chi connectivity index (χ4n) is 1.25. The monoisotopic (exact) mass is 201 g/mol. The molecule has 0 aliphatic heterocycles. The molecule has 0 saturated carbocycles. The molecule has 14 heavy (non-hydrogen) atoms. The summed E-state index contributed by atoms with van der Waals surface area (Å²) in [6, 6.07) is 7.76. The van der Waals surface area contributed by atoms with E-state index < -0.39 is 0 Å². The smallest absolute Gasteiger partial charge is 0.181 e. The van der Waals surface area contributed by atoms with E-state index in [0.29, 0.717) is 5.13 Å². The van der Waals surface area contributed by atoms with E-state index in [1.54, 1.807) is 6.08 Å². The average Bonchev–Trinajstić information content (AvgIpc) is 2.55. The van der Waals surface area contributed by atoms with E-state index in [2.05, 4.69) is 4.98 Å². The summed E-state index contributed by atoms with van der Waals surface area (Å²) in [7, 11) is 0. The normalized spacial score (nSPS) is 10.8. The Labute approximate surface area is 85.1 Å². The molecular weight excluding hydrogens is 194 g/mol. The fraction of sp³-hybridized carbons (Fsp3) is 0. The number of nitrogens with zero attached hydrogens (tertiary/aromatic N) is 2. The van der Waals surface area contributed by atoms with Gasteiger partial charge in [-0.15, -0.1) is 0 Å². The summed E-state index contributed by atoms with van der Waals surface area (Å²) in [5.74, 6) is 0. The van der Waals surface area contributed by atoms with E-state index in [9.17, 15) is 0 Å². The maximum atomic E-state index is 8.43. The number of aromatic nitrogens is 1. The summed E-state index contributed by atoms with van der Waals surface area (Å²) in [6.07, 6.45) is 3.17. The second kappa shape index (κ2) is 3.48. The van der Waals surface area contributed by atoms with Crippen molar-refractivity contribution < 1.29 is 0 Å². The molecule has 2 aromatic rings. The van der Waals surface area contributed by atoms with Crippen molar-refractivity contribution in [3.63, 3.8) is 0 Å². The van der Waals surface area contributed by atoms with Crippen LogP contribution in [0, 0.1) is 11.3 Å².